The summed E-state index contributed by atoms with van der Waals surface area (Å²) in [5.74, 6) is -0.309. The highest BCUT2D eigenvalue weighted by molar-refractivity contribution is 5.98. The van der Waals surface area contributed by atoms with Gasteiger partial charge in [0.2, 0.25) is 0 Å². The fourth-order valence-corrected chi connectivity index (χ4v) is 3.17. The van der Waals surface area contributed by atoms with E-state index in [0.29, 0.717) is 16.9 Å². The Morgan fingerprint density at radius 2 is 1.97 bits per heavy atom. The van der Waals surface area contributed by atoms with Gasteiger partial charge in [-0.05, 0) is 63.1 Å². The molecule has 0 fully saturated rings. The van der Waals surface area contributed by atoms with Gasteiger partial charge in [0.1, 0.15) is 24.0 Å². The van der Waals surface area contributed by atoms with Crippen molar-refractivity contribution in [2.75, 3.05) is 7.11 Å². The first-order chi connectivity index (χ1) is 13.8. The van der Waals surface area contributed by atoms with Gasteiger partial charge in [0.15, 0.2) is 5.78 Å². The van der Waals surface area contributed by atoms with Crippen LogP contribution in [0.15, 0.2) is 29.8 Å². The number of benzene rings is 1. The topological polar surface area (TPSA) is 81.3 Å². The maximum absolute atomic E-state index is 12.5. The van der Waals surface area contributed by atoms with Crippen molar-refractivity contribution in [3.8, 4) is 11.8 Å². The number of ketones is 1. The highest BCUT2D eigenvalue weighted by atomic mass is 16.5. The van der Waals surface area contributed by atoms with Crippen molar-refractivity contribution in [2.24, 2.45) is 0 Å². The Kier molecular flexibility index (Phi) is 7.38. The van der Waals surface area contributed by atoms with Crippen LogP contribution >= 0.6 is 0 Å². The standard InChI is InChI=1S/C23H26N2O4/c1-6-9-25-15(2)10-19(16(25)3)12-20(13-24)23(27)29-14-21-11-18(17(4)26)7-8-22(21)28-5/h7-8,10-12H,6,9,14H2,1-5H3/b20-12-. The third-order valence-corrected chi connectivity index (χ3v) is 4.75. The van der Waals surface area contributed by atoms with Crippen LogP contribution in [-0.4, -0.2) is 23.4 Å². The third kappa shape index (κ3) is 5.14. The molecule has 2 aromatic rings. The van der Waals surface area contributed by atoms with Gasteiger partial charge in [0.05, 0.1) is 7.11 Å². The predicted molar refractivity (Wildman–Crippen MR) is 111 cm³/mol. The van der Waals surface area contributed by atoms with Gasteiger partial charge >= 0.3 is 5.97 Å². The second kappa shape index (κ2) is 9.74. The number of ether oxygens (including phenoxy) is 2. The zero-order valence-electron chi connectivity index (χ0n) is 17.5. The first-order valence-corrected chi connectivity index (χ1v) is 9.45. The fraction of sp³-hybridized carbons (Fsp3) is 0.348. The molecule has 152 valence electrons. The summed E-state index contributed by atoms with van der Waals surface area (Å²) in [5, 5.41) is 9.45. The molecule has 29 heavy (non-hydrogen) atoms. The Bertz CT molecular complexity index is 993. The van der Waals surface area contributed by atoms with Gasteiger partial charge in [-0.15, -0.1) is 0 Å². The SMILES string of the molecule is CCCn1c(C)cc(/C=C(/C#N)C(=O)OCc2cc(C(C)=O)ccc2OC)c1C. The molecular formula is C23H26N2O4. The quantitative estimate of drug-likeness (QED) is 0.287. The number of aromatic nitrogens is 1. The summed E-state index contributed by atoms with van der Waals surface area (Å²) < 4.78 is 12.7. The molecule has 0 saturated heterocycles. The molecule has 0 aliphatic carbocycles. The summed E-state index contributed by atoms with van der Waals surface area (Å²) in [6.07, 6.45) is 2.55. The number of carbonyl (C=O) groups excluding carboxylic acids is 2. The van der Waals surface area contributed by atoms with Crippen molar-refractivity contribution in [1.29, 1.82) is 5.26 Å². The minimum Gasteiger partial charge on any atom is -0.496 e. The van der Waals surface area contributed by atoms with Gasteiger partial charge in [-0.2, -0.15) is 5.26 Å². The lowest BCUT2D eigenvalue weighted by Crippen LogP contribution is -2.08. The number of Topliss-reactive ketones (excluding diaryl/α,β-unsaturated/α-hetero) is 1. The number of hydrogen-bond donors (Lipinski definition) is 0. The van der Waals surface area contributed by atoms with Crippen LogP contribution in [0.1, 0.15) is 53.1 Å². The number of nitrogens with zero attached hydrogens (tertiary/aromatic N) is 2. The van der Waals surface area contributed by atoms with Crippen LogP contribution in [0.25, 0.3) is 6.08 Å². The molecule has 0 aliphatic heterocycles. The van der Waals surface area contributed by atoms with E-state index in [2.05, 4.69) is 11.5 Å². The van der Waals surface area contributed by atoms with Crippen molar-refractivity contribution in [3.63, 3.8) is 0 Å². The predicted octanol–water partition coefficient (Wildman–Crippen LogP) is 4.38. The molecule has 0 aliphatic rings. The van der Waals surface area contributed by atoms with Crippen molar-refractivity contribution >= 4 is 17.8 Å². The molecule has 1 aromatic carbocycles. The van der Waals surface area contributed by atoms with Gasteiger partial charge in [-0.1, -0.05) is 6.92 Å². The summed E-state index contributed by atoms with van der Waals surface area (Å²) in [5.41, 5.74) is 3.88. The summed E-state index contributed by atoms with van der Waals surface area (Å²) in [7, 11) is 1.50. The van der Waals surface area contributed by atoms with E-state index in [9.17, 15) is 14.9 Å². The average molecular weight is 394 g/mol. The summed E-state index contributed by atoms with van der Waals surface area (Å²) in [4.78, 5) is 24.1. The zero-order valence-corrected chi connectivity index (χ0v) is 17.5. The molecule has 0 atom stereocenters. The van der Waals surface area contributed by atoms with E-state index in [-0.39, 0.29) is 18.0 Å². The average Bonchev–Trinajstić information content (AvgIpc) is 2.97. The molecule has 2 rings (SSSR count). The first-order valence-electron chi connectivity index (χ1n) is 9.45. The van der Waals surface area contributed by atoms with Gasteiger partial charge in [0, 0.05) is 29.1 Å². The second-order valence-electron chi connectivity index (χ2n) is 6.81. The van der Waals surface area contributed by atoms with Gasteiger partial charge in [-0.3, -0.25) is 4.79 Å². The fourth-order valence-electron chi connectivity index (χ4n) is 3.17. The van der Waals surface area contributed by atoms with Crippen molar-refractivity contribution in [3.05, 3.63) is 57.9 Å². The van der Waals surface area contributed by atoms with Crippen LogP contribution in [-0.2, 0) is 22.7 Å². The Morgan fingerprint density at radius 1 is 1.24 bits per heavy atom. The van der Waals surface area contributed by atoms with Crippen LogP contribution in [0.2, 0.25) is 0 Å². The summed E-state index contributed by atoms with van der Waals surface area (Å²) in [6, 6.07) is 8.81. The zero-order chi connectivity index (χ0) is 21.6. The van der Waals surface area contributed by atoms with E-state index in [1.54, 1.807) is 24.3 Å². The Balaban J connectivity index is 2.23. The normalized spacial score (nSPS) is 11.1. The minimum absolute atomic E-state index is 0.0802. The number of nitriles is 1. The van der Waals surface area contributed by atoms with Crippen molar-refractivity contribution in [1.82, 2.24) is 4.57 Å². The largest absolute Gasteiger partial charge is 0.496 e. The highest BCUT2D eigenvalue weighted by Crippen LogP contribution is 2.23. The molecule has 0 amide bonds. The molecular weight excluding hydrogens is 368 g/mol. The molecule has 6 heteroatoms. The summed E-state index contributed by atoms with van der Waals surface area (Å²) in [6.45, 7) is 8.30. The molecule has 0 saturated carbocycles. The summed E-state index contributed by atoms with van der Waals surface area (Å²) >= 11 is 0. The van der Waals surface area contributed by atoms with Crippen LogP contribution in [0.4, 0.5) is 0 Å². The maximum Gasteiger partial charge on any atom is 0.349 e. The smallest absolute Gasteiger partial charge is 0.349 e. The van der Waals surface area contributed by atoms with E-state index in [0.717, 1.165) is 29.9 Å². The molecule has 0 radical (unpaired) electrons. The van der Waals surface area contributed by atoms with E-state index >= 15 is 0 Å². The van der Waals surface area contributed by atoms with E-state index in [4.69, 9.17) is 9.47 Å². The third-order valence-electron chi connectivity index (χ3n) is 4.75. The van der Waals surface area contributed by atoms with Crippen molar-refractivity contribution in [2.45, 2.75) is 47.3 Å². The molecule has 1 aromatic heterocycles. The highest BCUT2D eigenvalue weighted by Gasteiger charge is 2.16. The lowest BCUT2D eigenvalue weighted by molar-refractivity contribution is -0.139. The second-order valence-corrected chi connectivity index (χ2v) is 6.81. The number of aryl methyl sites for hydroxylation is 1. The maximum atomic E-state index is 12.5. The molecule has 0 spiro atoms. The lowest BCUT2D eigenvalue weighted by atomic mass is 10.1. The monoisotopic (exact) mass is 394 g/mol. The van der Waals surface area contributed by atoms with E-state index in [1.807, 2.05) is 26.0 Å². The molecule has 0 unspecified atom stereocenters. The van der Waals surface area contributed by atoms with Crippen LogP contribution in [0.3, 0.4) is 0 Å². The van der Waals surface area contributed by atoms with Gasteiger partial charge in [-0.25, -0.2) is 4.79 Å². The van der Waals surface area contributed by atoms with E-state index in [1.165, 1.54) is 14.0 Å². The van der Waals surface area contributed by atoms with Gasteiger partial charge < -0.3 is 14.0 Å². The molecule has 6 nitrogen and oxygen atoms in total. The Labute approximate surface area is 171 Å². The number of methoxy groups -OCH3 is 1. The number of rotatable bonds is 8. The lowest BCUT2D eigenvalue weighted by Gasteiger charge is -2.10. The molecule has 0 bridgehead atoms. The molecule has 1 heterocycles. The van der Waals surface area contributed by atoms with Crippen LogP contribution < -0.4 is 4.74 Å². The van der Waals surface area contributed by atoms with Gasteiger partial charge in [0.25, 0.3) is 0 Å². The molecule has 0 N–H and O–H groups in total. The Hall–Kier alpha value is -3.33. The Morgan fingerprint density at radius 3 is 2.55 bits per heavy atom. The number of hydrogen-bond acceptors (Lipinski definition) is 5. The number of carbonyl (C=O) groups is 2. The minimum atomic E-state index is -0.719. The number of esters is 1. The first kappa shape index (κ1) is 22.0. The van der Waals surface area contributed by atoms with Crippen LogP contribution in [0.5, 0.6) is 5.75 Å². The van der Waals surface area contributed by atoms with E-state index < -0.39 is 5.97 Å². The van der Waals surface area contributed by atoms with Crippen molar-refractivity contribution < 1.29 is 19.1 Å². The van der Waals surface area contributed by atoms with Crippen LogP contribution in [0, 0.1) is 25.2 Å².